The first-order chi connectivity index (χ1) is 8.78. The van der Waals surface area contributed by atoms with Gasteiger partial charge in [0.2, 0.25) is 5.88 Å². The van der Waals surface area contributed by atoms with Gasteiger partial charge in [-0.2, -0.15) is 0 Å². The maximum atomic E-state index is 12.7. The van der Waals surface area contributed by atoms with E-state index >= 15 is 0 Å². The number of hydrogen-bond donors (Lipinski definition) is 1. The molecule has 0 spiro atoms. The normalized spacial score (nSPS) is 11.2. The summed E-state index contributed by atoms with van der Waals surface area (Å²) in [5.74, 6) is -2.03. The van der Waals surface area contributed by atoms with Crippen molar-refractivity contribution in [1.29, 1.82) is 0 Å². The van der Waals surface area contributed by atoms with Gasteiger partial charge < -0.3 is 15.2 Å². The predicted octanol–water partition coefficient (Wildman–Crippen LogP) is 2.21. The minimum atomic E-state index is -5.00. The van der Waals surface area contributed by atoms with Crippen LogP contribution in [-0.2, 0) is 11.4 Å². The fourth-order valence-electron chi connectivity index (χ4n) is 1.25. The van der Waals surface area contributed by atoms with Crippen LogP contribution in [0.25, 0.3) is 0 Å². The van der Waals surface area contributed by atoms with Gasteiger partial charge in [0.05, 0.1) is 6.61 Å². The number of esters is 1. The molecular weight excluding hydrogens is 272 g/mol. The molecule has 5 nitrogen and oxygen atoms in total. The first-order valence-electron chi connectivity index (χ1n) is 5.06. The number of pyridine rings is 1. The standard InChI is InChI=1S/C10H10F4N2O3/c1-2-18-9(17)8-5(4-11)6(15)3-7(16-8)19-10(12,13)14/h3H,2,4H2,1H3,(H2,15,16). The number of halogens is 4. The summed E-state index contributed by atoms with van der Waals surface area (Å²) in [6.45, 7) is 0.266. The average Bonchev–Trinajstić information content (AvgIpc) is 2.26. The van der Waals surface area contributed by atoms with E-state index in [9.17, 15) is 22.4 Å². The molecule has 0 saturated heterocycles. The lowest BCUT2D eigenvalue weighted by atomic mass is 10.1. The molecule has 106 valence electrons. The Kier molecular flexibility index (Phi) is 4.52. The molecule has 0 atom stereocenters. The molecule has 0 saturated carbocycles. The van der Waals surface area contributed by atoms with Crippen LogP contribution in [0.4, 0.5) is 23.2 Å². The third kappa shape index (κ3) is 3.97. The van der Waals surface area contributed by atoms with Crippen molar-refractivity contribution in [3.05, 3.63) is 17.3 Å². The van der Waals surface area contributed by atoms with Crippen molar-refractivity contribution in [3.8, 4) is 5.88 Å². The number of carbonyl (C=O) groups is 1. The lowest BCUT2D eigenvalue weighted by Gasteiger charge is -2.12. The van der Waals surface area contributed by atoms with E-state index in [-0.39, 0.29) is 17.9 Å². The molecule has 1 rings (SSSR count). The number of rotatable bonds is 4. The summed E-state index contributed by atoms with van der Waals surface area (Å²) < 4.78 is 56.9. The lowest BCUT2D eigenvalue weighted by Crippen LogP contribution is -2.20. The molecule has 0 bridgehead atoms. The van der Waals surface area contributed by atoms with Gasteiger partial charge in [0.15, 0.2) is 5.69 Å². The monoisotopic (exact) mass is 282 g/mol. The van der Waals surface area contributed by atoms with E-state index in [1.807, 2.05) is 0 Å². The van der Waals surface area contributed by atoms with Crippen LogP contribution in [0.5, 0.6) is 5.88 Å². The van der Waals surface area contributed by atoms with Crippen molar-refractivity contribution in [3.63, 3.8) is 0 Å². The van der Waals surface area contributed by atoms with E-state index in [0.29, 0.717) is 6.07 Å². The molecule has 1 aromatic heterocycles. The van der Waals surface area contributed by atoms with Crippen LogP contribution in [0, 0.1) is 0 Å². The van der Waals surface area contributed by atoms with Gasteiger partial charge in [-0.15, -0.1) is 13.2 Å². The number of anilines is 1. The Morgan fingerprint density at radius 1 is 1.47 bits per heavy atom. The zero-order chi connectivity index (χ0) is 14.6. The highest BCUT2D eigenvalue weighted by molar-refractivity contribution is 5.90. The van der Waals surface area contributed by atoms with Crippen LogP contribution in [0.3, 0.4) is 0 Å². The van der Waals surface area contributed by atoms with E-state index in [1.54, 1.807) is 0 Å². The molecule has 0 amide bonds. The molecule has 2 N–H and O–H groups in total. The minimum absolute atomic E-state index is 0.0451. The Bertz CT molecular complexity index is 477. The molecule has 0 aliphatic carbocycles. The van der Waals surface area contributed by atoms with Crippen LogP contribution < -0.4 is 10.5 Å². The van der Waals surface area contributed by atoms with Gasteiger partial charge in [0.25, 0.3) is 0 Å². The van der Waals surface area contributed by atoms with Gasteiger partial charge in [-0.25, -0.2) is 14.2 Å². The Morgan fingerprint density at radius 2 is 2.11 bits per heavy atom. The van der Waals surface area contributed by atoms with Gasteiger partial charge in [0, 0.05) is 17.3 Å². The van der Waals surface area contributed by atoms with Crippen LogP contribution >= 0.6 is 0 Å². The number of carbonyl (C=O) groups excluding carboxylic acids is 1. The smallest absolute Gasteiger partial charge is 0.461 e. The lowest BCUT2D eigenvalue weighted by molar-refractivity contribution is -0.276. The summed E-state index contributed by atoms with van der Waals surface area (Å²) in [4.78, 5) is 14.7. The Balaban J connectivity index is 3.22. The highest BCUT2D eigenvalue weighted by Gasteiger charge is 2.33. The van der Waals surface area contributed by atoms with Crippen LogP contribution in [0.1, 0.15) is 23.0 Å². The van der Waals surface area contributed by atoms with Gasteiger partial charge in [-0.3, -0.25) is 0 Å². The van der Waals surface area contributed by atoms with Gasteiger partial charge >= 0.3 is 12.3 Å². The van der Waals surface area contributed by atoms with E-state index in [1.165, 1.54) is 6.92 Å². The molecule has 19 heavy (non-hydrogen) atoms. The molecule has 0 fully saturated rings. The average molecular weight is 282 g/mol. The first kappa shape index (κ1) is 15.0. The summed E-state index contributed by atoms with van der Waals surface area (Å²) >= 11 is 0. The molecule has 1 heterocycles. The van der Waals surface area contributed by atoms with Gasteiger partial charge in [0.1, 0.15) is 6.67 Å². The van der Waals surface area contributed by atoms with Gasteiger partial charge in [-0.1, -0.05) is 0 Å². The number of nitrogens with two attached hydrogens (primary N) is 1. The summed E-state index contributed by atoms with van der Waals surface area (Å²) in [5, 5.41) is 0. The predicted molar refractivity (Wildman–Crippen MR) is 56.1 cm³/mol. The molecule has 0 aliphatic rings. The number of nitrogen functional groups attached to an aromatic ring is 1. The quantitative estimate of drug-likeness (QED) is 0.677. The van der Waals surface area contributed by atoms with Crippen molar-refractivity contribution in [2.75, 3.05) is 12.3 Å². The number of ether oxygens (including phenoxy) is 2. The zero-order valence-electron chi connectivity index (χ0n) is 9.75. The summed E-state index contributed by atoms with van der Waals surface area (Å²) in [5.41, 5.74) is 4.00. The van der Waals surface area contributed by atoms with Crippen LogP contribution in [-0.4, -0.2) is 23.9 Å². The summed E-state index contributed by atoms with van der Waals surface area (Å²) in [6, 6.07) is 0.686. The first-order valence-corrected chi connectivity index (χ1v) is 5.06. The second-order valence-corrected chi connectivity index (χ2v) is 3.28. The Labute approximate surface area is 105 Å². The molecule has 0 radical (unpaired) electrons. The van der Waals surface area contributed by atoms with E-state index in [0.717, 1.165) is 0 Å². The second kappa shape index (κ2) is 5.72. The fourth-order valence-corrected chi connectivity index (χ4v) is 1.25. The maximum Gasteiger partial charge on any atom is 0.574 e. The maximum absolute atomic E-state index is 12.7. The molecule has 0 aliphatic heterocycles. The topological polar surface area (TPSA) is 74.4 Å². The van der Waals surface area contributed by atoms with Crippen LogP contribution in [0.2, 0.25) is 0 Å². The molecular formula is C10H10F4N2O3. The SMILES string of the molecule is CCOC(=O)c1nc(OC(F)(F)F)cc(N)c1CF. The van der Waals surface area contributed by atoms with Crippen molar-refractivity contribution in [2.45, 2.75) is 20.0 Å². The Morgan fingerprint density at radius 3 is 2.58 bits per heavy atom. The van der Waals surface area contributed by atoms with Crippen molar-refractivity contribution in [2.24, 2.45) is 0 Å². The Hall–Kier alpha value is -2.06. The minimum Gasteiger partial charge on any atom is -0.461 e. The number of hydrogen-bond acceptors (Lipinski definition) is 5. The molecule has 0 unspecified atom stereocenters. The van der Waals surface area contributed by atoms with Crippen LogP contribution in [0.15, 0.2) is 6.07 Å². The van der Waals surface area contributed by atoms with E-state index in [4.69, 9.17) is 5.73 Å². The van der Waals surface area contributed by atoms with Crippen molar-refractivity contribution < 1.29 is 31.8 Å². The third-order valence-electron chi connectivity index (χ3n) is 1.96. The number of nitrogens with zero attached hydrogens (tertiary/aromatic N) is 1. The number of aromatic nitrogens is 1. The molecule has 0 aromatic carbocycles. The second-order valence-electron chi connectivity index (χ2n) is 3.28. The third-order valence-corrected chi connectivity index (χ3v) is 1.96. The van der Waals surface area contributed by atoms with Gasteiger partial charge in [-0.05, 0) is 6.92 Å². The highest BCUT2D eigenvalue weighted by Crippen LogP contribution is 2.27. The van der Waals surface area contributed by atoms with Crippen molar-refractivity contribution >= 4 is 11.7 Å². The summed E-state index contributed by atoms with van der Waals surface area (Å²) in [7, 11) is 0. The fraction of sp³-hybridized carbons (Fsp3) is 0.400. The van der Waals surface area contributed by atoms with Crippen molar-refractivity contribution in [1.82, 2.24) is 4.98 Å². The molecule has 9 heteroatoms. The zero-order valence-corrected chi connectivity index (χ0v) is 9.75. The van der Waals surface area contributed by atoms with E-state index < -0.39 is 30.6 Å². The molecule has 1 aromatic rings. The highest BCUT2D eigenvalue weighted by atomic mass is 19.4. The largest absolute Gasteiger partial charge is 0.574 e. The summed E-state index contributed by atoms with van der Waals surface area (Å²) in [6.07, 6.45) is -5.00. The number of alkyl halides is 4. The van der Waals surface area contributed by atoms with E-state index in [2.05, 4.69) is 14.5 Å².